The molecule has 0 unspecified atom stereocenters. The molecule has 3 aliphatic rings. The van der Waals surface area contributed by atoms with E-state index in [1.54, 1.807) is 17.8 Å². The van der Waals surface area contributed by atoms with Crippen LogP contribution in [0.5, 0.6) is 0 Å². The van der Waals surface area contributed by atoms with Gasteiger partial charge >= 0.3 is 5.97 Å². The number of anilines is 1. The second-order valence-electron chi connectivity index (χ2n) is 8.52. The van der Waals surface area contributed by atoms with E-state index in [2.05, 4.69) is 47.3 Å². The first-order valence-electron chi connectivity index (χ1n) is 10.5. The molecule has 1 aliphatic carbocycles. The third kappa shape index (κ3) is 2.89. The molecule has 2 atom stereocenters. The number of nitrogen functional groups attached to an aromatic ring is 1. The Bertz CT molecular complexity index is 1010. The summed E-state index contributed by atoms with van der Waals surface area (Å²) in [6, 6.07) is 11.0. The minimum absolute atomic E-state index is 0.146. The normalized spacial score (nSPS) is 25.6. The lowest BCUT2D eigenvalue weighted by Crippen LogP contribution is -2.38. The van der Waals surface area contributed by atoms with Crippen LogP contribution in [0.15, 0.2) is 48.3 Å². The molecule has 1 aromatic heterocycles. The second-order valence-corrected chi connectivity index (χ2v) is 8.52. The van der Waals surface area contributed by atoms with Crippen molar-refractivity contribution in [1.29, 1.82) is 0 Å². The molecule has 2 N–H and O–H groups in total. The maximum atomic E-state index is 11.9. The van der Waals surface area contributed by atoms with Crippen molar-refractivity contribution >= 4 is 11.8 Å². The van der Waals surface area contributed by atoms with E-state index in [4.69, 9.17) is 15.2 Å². The molecule has 2 aliphatic heterocycles. The highest BCUT2D eigenvalue weighted by atomic mass is 16.5. The second kappa shape index (κ2) is 7.13. The number of hydrogen-bond donors (Lipinski definition) is 1. The van der Waals surface area contributed by atoms with Crippen LogP contribution >= 0.6 is 0 Å². The zero-order valence-electron chi connectivity index (χ0n) is 17.4. The first-order chi connectivity index (χ1) is 14.5. The van der Waals surface area contributed by atoms with Gasteiger partial charge in [-0.15, -0.1) is 0 Å². The van der Waals surface area contributed by atoms with Crippen molar-refractivity contribution in [2.45, 2.75) is 31.2 Å². The van der Waals surface area contributed by atoms with Gasteiger partial charge in [0.25, 0.3) is 0 Å². The highest BCUT2D eigenvalue weighted by Gasteiger charge is 2.62. The molecule has 2 aromatic rings. The highest BCUT2D eigenvalue weighted by molar-refractivity contribution is 5.95. The standard InChI is InChI=1S/C24H27N3O3/c1-15-21-13-27(19-7-9-30-10-8-19)14-24(15,21)18-5-3-16(4-6-18)17-11-20(23(28)29-2)22(25)26-12-17/h3-6,11-13,15,19H,7-10,14H2,1-2H3,(H2,25,26)/t15-,24-/m1/s1. The lowest BCUT2D eigenvalue weighted by atomic mass is 9.91. The Morgan fingerprint density at radius 1 is 1.23 bits per heavy atom. The fourth-order valence-corrected chi connectivity index (χ4v) is 5.16. The molecule has 5 rings (SSSR count). The maximum absolute atomic E-state index is 11.9. The fraction of sp³-hybridized carbons (Fsp3) is 0.417. The predicted molar refractivity (Wildman–Crippen MR) is 115 cm³/mol. The number of carbonyl (C=O) groups excluding carboxylic acids is 1. The largest absolute Gasteiger partial charge is 0.465 e. The number of methoxy groups -OCH3 is 1. The molecule has 3 heterocycles. The van der Waals surface area contributed by atoms with Gasteiger partial charge in [0.1, 0.15) is 11.4 Å². The highest BCUT2D eigenvalue weighted by Crippen LogP contribution is 2.63. The number of rotatable bonds is 4. The number of esters is 1. The Kier molecular flexibility index (Phi) is 4.54. The van der Waals surface area contributed by atoms with E-state index in [0.29, 0.717) is 17.5 Å². The zero-order chi connectivity index (χ0) is 20.9. The maximum Gasteiger partial charge on any atom is 0.341 e. The Morgan fingerprint density at radius 2 is 1.97 bits per heavy atom. The third-order valence-electron chi connectivity index (χ3n) is 7.09. The van der Waals surface area contributed by atoms with Crippen LogP contribution in [0, 0.1) is 5.92 Å². The molecule has 156 valence electrons. The number of hydrogen-bond acceptors (Lipinski definition) is 6. The summed E-state index contributed by atoms with van der Waals surface area (Å²) in [4.78, 5) is 18.6. The van der Waals surface area contributed by atoms with E-state index >= 15 is 0 Å². The lowest BCUT2D eigenvalue weighted by Gasteiger charge is -2.34. The molecule has 6 heteroatoms. The van der Waals surface area contributed by atoms with Crippen LogP contribution in [0.2, 0.25) is 0 Å². The van der Waals surface area contributed by atoms with E-state index in [1.165, 1.54) is 12.7 Å². The average Bonchev–Trinajstić information content (AvgIpc) is 3.15. The molecule has 0 bridgehead atoms. The third-order valence-corrected chi connectivity index (χ3v) is 7.09. The van der Waals surface area contributed by atoms with Crippen molar-refractivity contribution in [3.8, 4) is 11.1 Å². The summed E-state index contributed by atoms with van der Waals surface area (Å²) in [5, 5.41) is 0. The van der Waals surface area contributed by atoms with Crippen molar-refractivity contribution in [2.24, 2.45) is 5.92 Å². The quantitative estimate of drug-likeness (QED) is 0.786. The summed E-state index contributed by atoms with van der Waals surface area (Å²) in [7, 11) is 1.34. The van der Waals surface area contributed by atoms with Gasteiger partial charge in [0, 0.05) is 43.0 Å². The molecule has 6 nitrogen and oxygen atoms in total. The molecule has 0 amide bonds. The van der Waals surface area contributed by atoms with E-state index in [1.807, 2.05) is 0 Å². The summed E-state index contributed by atoms with van der Waals surface area (Å²) in [5.41, 5.74) is 11.0. The Morgan fingerprint density at radius 3 is 2.67 bits per heavy atom. The number of fused-ring (bicyclic) bond motifs is 1. The summed E-state index contributed by atoms with van der Waals surface area (Å²) < 4.78 is 10.3. The van der Waals surface area contributed by atoms with Crippen molar-refractivity contribution in [3.05, 3.63) is 59.4 Å². The molecule has 1 saturated heterocycles. The number of nitrogens with two attached hydrogens (primary N) is 1. The van der Waals surface area contributed by atoms with Crippen LogP contribution in [0.1, 0.15) is 35.7 Å². The van der Waals surface area contributed by atoms with Crippen LogP contribution in [0.25, 0.3) is 11.1 Å². The number of benzene rings is 1. The van der Waals surface area contributed by atoms with Crippen LogP contribution < -0.4 is 5.73 Å². The lowest BCUT2D eigenvalue weighted by molar-refractivity contribution is 0.0486. The van der Waals surface area contributed by atoms with E-state index in [0.717, 1.165) is 43.7 Å². The van der Waals surface area contributed by atoms with Crippen molar-refractivity contribution in [1.82, 2.24) is 9.88 Å². The Hall–Kier alpha value is -2.86. The first kappa shape index (κ1) is 19.1. The SMILES string of the molecule is COC(=O)c1cc(-c2ccc([C@]34CN(C5CCOCC5)C=C3[C@H]4C)cc2)cnc1N. The molecular weight excluding hydrogens is 378 g/mol. The van der Waals surface area contributed by atoms with Crippen LogP contribution in [0.3, 0.4) is 0 Å². The number of nitrogens with zero attached hydrogens (tertiary/aromatic N) is 2. The van der Waals surface area contributed by atoms with Gasteiger partial charge in [-0.25, -0.2) is 9.78 Å². The summed E-state index contributed by atoms with van der Waals surface area (Å²) in [6.45, 7) is 5.12. The number of pyridine rings is 1. The van der Waals surface area contributed by atoms with Gasteiger partial charge < -0.3 is 20.1 Å². The Labute approximate surface area is 176 Å². The van der Waals surface area contributed by atoms with Gasteiger partial charge in [0.2, 0.25) is 0 Å². The summed E-state index contributed by atoms with van der Waals surface area (Å²) in [5.74, 6) is 0.295. The van der Waals surface area contributed by atoms with Gasteiger partial charge in [0.15, 0.2) is 0 Å². The van der Waals surface area contributed by atoms with Gasteiger partial charge in [-0.2, -0.15) is 0 Å². The van der Waals surface area contributed by atoms with E-state index in [9.17, 15) is 4.79 Å². The van der Waals surface area contributed by atoms with Gasteiger partial charge in [0.05, 0.1) is 7.11 Å². The van der Waals surface area contributed by atoms with Crippen LogP contribution in [0.4, 0.5) is 5.82 Å². The molecule has 30 heavy (non-hydrogen) atoms. The van der Waals surface area contributed by atoms with Gasteiger partial charge in [-0.3, -0.25) is 0 Å². The molecule has 0 spiro atoms. The van der Waals surface area contributed by atoms with Crippen LogP contribution in [-0.2, 0) is 14.9 Å². The first-order valence-corrected chi connectivity index (χ1v) is 10.5. The molecular formula is C24H27N3O3. The molecule has 1 aromatic carbocycles. The predicted octanol–water partition coefficient (Wildman–Crippen LogP) is 3.38. The molecule has 2 fully saturated rings. The molecule has 0 radical (unpaired) electrons. The van der Waals surface area contributed by atoms with Crippen molar-refractivity contribution in [3.63, 3.8) is 0 Å². The van der Waals surface area contributed by atoms with E-state index < -0.39 is 5.97 Å². The van der Waals surface area contributed by atoms with E-state index in [-0.39, 0.29) is 11.2 Å². The summed E-state index contributed by atoms with van der Waals surface area (Å²) in [6.07, 6.45) is 6.32. The van der Waals surface area contributed by atoms with Crippen LogP contribution in [-0.4, -0.2) is 48.8 Å². The minimum Gasteiger partial charge on any atom is -0.465 e. The number of ether oxygens (including phenoxy) is 2. The smallest absolute Gasteiger partial charge is 0.341 e. The minimum atomic E-state index is -0.474. The summed E-state index contributed by atoms with van der Waals surface area (Å²) >= 11 is 0. The zero-order valence-corrected chi connectivity index (χ0v) is 17.4. The van der Waals surface area contributed by atoms with Crippen molar-refractivity contribution in [2.75, 3.05) is 32.6 Å². The van der Waals surface area contributed by atoms with Gasteiger partial charge in [-0.1, -0.05) is 31.2 Å². The number of aromatic nitrogens is 1. The monoisotopic (exact) mass is 405 g/mol. The fourth-order valence-electron chi connectivity index (χ4n) is 5.16. The van der Waals surface area contributed by atoms with Gasteiger partial charge in [-0.05, 0) is 47.7 Å². The number of carbonyl (C=O) groups is 1. The topological polar surface area (TPSA) is 77.7 Å². The Balaban J connectivity index is 1.39. The van der Waals surface area contributed by atoms with Crippen molar-refractivity contribution < 1.29 is 14.3 Å². The molecule has 1 saturated carbocycles. The average molecular weight is 405 g/mol.